The summed E-state index contributed by atoms with van der Waals surface area (Å²) in [5.74, 6) is -1.06. The molecule has 212 valence electrons. The Morgan fingerprint density at radius 2 is 1.87 bits per heavy atom. The number of benzene rings is 1. The minimum Gasteiger partial charge on any atom is -0.506 e. The lowest BCUT2D eigenvalue weighted by molar-refractivity contribution is -0.141. The minimum atomic E-state index is -4.72. The molecule has 1 fully saturated rings. The van der Waals surface area contributed by atoms with Gasteiger partial charge in [-0.2, -0.15) is 26.3 Å². The van der Waals surface area contributed by atoms with Crippen LogP contribution in [0.15, 0.2) is 46.7 Å². The Labute approximate surface area is 221 Å². The Bertz CT molecular complexity index is 1290. The number of carbonyl (C=O) groups excluding carboxylic acids is 1. The van der Waals surface area contributed by atoms with E-state index in [4.69, 9.17) is 11.5 Å². The van der Waals surface area contributed by atoms with E-state index in [1.807, 2.05) is 6.92 Å². The van der Waals surface area contributed by atoms with Gasteiger partial charge < -0.3 is 21.5 Å². The van der Waals surface area contributed by atoms with Crippen molar-refractivity contribution in [3.05, 3.63) is 58.6 Å². The van der Waals surface area contributed by atoms with Gasteiger partial charge in [0.05, 0.1) is 18.0 Å². The summed E-state index contributed by atoms with van der Waals surface area (Å²) in [4.78, 5) is 22.8. The molecule has 1 atom stereocenters. The third-order valence-corrected chi connectivity index (χ3v) is 6.28. The van der Waals surface area contributed by atoms with Gasteiger partial charge in [0, 0.05) is 41.8 Å². The number of aliphatic imine (C=N–C) groups is 1. The number of allylic oxidation sites excluding steroid dienone is 1. The molecular formula is C26H29F6N5O2. The zero-order valence-corrected chi connectivity index (χ0v) is 21.3. The number of piperidine rings is 1. The predicted molar refractivity (Wildman–Crippen MR) is 134 cm³/mol. The average Bonchev–Trinajstić information content (AvgIpc) is 2.83. The van der Waals surface area contributed by atoms with Crippen molar-refractivity contribution < 1.29 is 36.2 Å². The van der Waals surface area contributed by atoms with Crippen molar-refractivity contribution in [3.8, 4) is 5.75 Å². The van der Waals surface area contributed by atoms with Crippen LogP contribution in [0.1, 0.15) is 61.1 Å². The highest BCUT2D eigenvalue weighted by atomic mass is 19.4. The zero-order valence-electron chi connectivity index (χ0n) is 21.3. The van der Waals surface area contributed by atoms with Gasteiger partial charge >= 0.3 is 12.4 Å². The van der Waals surface area contributed by atoms with E-state index >= 15 is 0 Å². The number of aromatic nitrogens is 1. The number of aromatic hydroxyl groups is 1. The van der Waals surface area contributed by atoms with Crippen molar-refractivity contribution in [1.82, 2.24) is 9.88 Å². The molecule has 1 unspecified atom stereocenters. The molecule has 0 saturated carbocycles. The summed E-state index contributed by atoms with van der Waals surface area (Å²) < 4.78 is 77.3. The topological polar surface area (TPSA) is 118 Å². The summed E-state index contributed by atoms with van der Waals surface area (Å²) in [6.45, 7) is 3.80. The quantitative estimate of drug-likeness (QED) is 0.382. The molecule has 2 aromatic rings. The molecule has 5 N–H and O–H groups in total. The van der Waals surface area contributed by atoms with E-state index in [1.165, 1.54) is 17.0 Å². The highest BCUT2D eigenvalue weighted by Crippen LogP contribution is 2.35. The Balaban J connectivity index is 2.00. The van der Waals surface area contributed by atoms with Crippen molar-refractivity contribution in [2.24, 2.45) is 10.7 Å². The van der Waals surface area contributed by atoms with E-state index < -0.39 is 42.2 Å². The number of halogens is 6. The van der Waals surface area contributed by atoms with E-state index in [9.17, 15) is 36.2 Å². The predicted octanol–water partition coefficient (Wildman–Crippen LogP) is 5.90. The van der Waals surface area contributed by atoms with Crippen LogP contribution in [0.3, 0.4) is 0 Å². The number of nitrogens with zero attached hydrogens (tertiary/aromatic N) is 3. The fraction of sp³-hybridized carbons (Fsp3) is 0.423. The van der Waals surface area contributed by atoms with Crippen LogP contribution in [-0.4, -0.2) is 45.4 Å². The highest BCUT2D eigenvalue weighted by molar-refractivity contribution is 6.07. The first kappa shape index (κ1) is 29.8. The van der Waals surface area contributed by atoms with Gasteiger partial charge in [-0.25, -0.2) is 4.99 Å². The molecule has 3 rings (SSSR count). The van der Waals surface area contributed by atoms with Gasteiger partial charge in [-0.1, -0.05) is 26.3 Å². The first-order chi connectivity index (χ1) is 18.2. The maximum Gasteiger partial charge on any atom is 0.433 e. The standard InChI is InChI=1S/C26H29F6N5O2/c1-3-5-16(33)23-19(36-18-7-6-14(10-21(18)38)12-25(27,28)29)8-9-37(20(23)4-2)24(39)15-13-35-22(11-17(15)34)26(30,31)32/h6-7,10-11,13,20,38H,3-5,8-9,12,33H2,1-2H3,(H2,34,35)/b23-16+,36-19?. The molecule has 1 aromatic carbocycles. The lowest BCUT2D eigenvalue weighted by Crippen LogP contribution is -2.49. The summed E-state index contributed by atoms with van der Waals surface area (Å²) in [5, 5.41) is 10.4. The van der Waals surface area contributed by atoms with Crippen LogP contribution in [0.2, 0.25) is 0 Å². The van der Waals surface area contributed by atoms with Gasteiger partial charge in [0.25, 0.3) is 5.91 Å². The number of rotatable bonds is 6. The third kappa shape index (κ3) is 7.01. The zero-order chi connectivity index (χ0) is 29.1. The van der Waals surface area contributed by atoms with Crippen molar-refractivity contribution in [1.29, 1.82) is 0 Å². The number of phenolic OH excluding ortho intramolecular Hbond substituents is 1. The monoisotopic (exact) mass is 557 g/mol. The first-order valence-corrected chi connectivity index (χ1v) is 12.2. The molecule has 0 radical (unpaired) electrons. The van der Waals surface area contributed by atoms with Gasteiger partial charge in [0.2, 0.25) is 0 Å². The number of pyridine rings is 1. The second-order valence-corrected chi connectivity index (χ2v) is 9.19. The first-order valence-electron chi connectivity index (χ1n) is 12.2. The van der Waals surface area contributed by atoms with Gasteiger partial charge in [-0.05, 0) is 36.6 Å². The van der Waals surface area contributed by atoms with Crippen LogP contribution in [0.5, 0.6) is 5.75 Å². The van der Waals surface area contributed by atoms with E-state index in [1.54, 1.807) is 6.92 Å². The van der Waals surface area contributed by atoms with E-state index in [0.29, 0.717) is 42.3 Å². The number of likely N-dealkylation sites (tertiary alicyclic amines) is 1. The largest absolute Gasteiger partial charge is 0.506 e. The molecule has 1 aromatic heterocycles. The lowest BCUT2D eigenvalue weighted by atomic mass is 9.88. The van der Waals surface area contributed by atoms with Crippen LogP contribution in [-0.2, 0) is 12.6 Å². The van der Waals surface area contributed by atoms with Crippen LogP contribution >= 0.6 is 0 Å². The van der Waals surface area contributed by atoms with Gasteiger partial charge in [-0.3, -0.25) is 9.78 Å². The van der Waals surface area contributed by atoms with Crippen LogP contribution in [0, 0.1) is 0 Å². The van der Waals surface area contributed by atoms with Crippen molar-refractivity contribution >= 4 is 23.0 Å². The van der Waals surface area contributed by atoms with Crippen molar-refractivity contribution in [2.75, 3.05) is 12.3 Å². The minimum absolute atomic E-state index is 0.0449. The molecule has 13 heteroatoms. The highest BCUT2D eigenvalue weighted by Gasteiger charge is 2.37. The van der Waals surface area contributed by atoms with Crippen molar-refractivity contribution in [2.45, 2.75) is 64.3 Å². The van der Waals surface area contributed by atoms with Gasteiger partial charge in [0.15, 0.2) is 0 Å². The Hall–Kier alpha value is -3.77. The molecule has 0 bridgehead atoms. The van der Waals surface area contributed by atoms with Crippen LogP contribution < -0.4 is 11.5 Å². The fourth-order valence-electron chi connectivity index (χ4n) is 4.56. The number of nitrogen functional groups attached to an aromatic ring is 1. The average molecular weight is 558 g/mol. The maximum absolute atomic E-state index is 13.4. The number of alkyl halides is 6. The van der Waals surface area contributed by atoms with E-state index in [0.717, 1.165) is 12.3 Å². The Morgan fingerprint density at radius 1 is 1.18 bits per heavy atom. The van der Waals surface area contributed by atoms with Gasteiger partial charge in [0.1, 0.15) is 17.1 Å². The molecule has 1 aliphatic rings. The second kappa shape index (κ2) is 11.5. The maximum atomic E-state index is 13.4. The van der Waals surface area contributed by atoms with Crippen LogP contribution in [0.4, 0.5) is 37.7 Å². The molecular weight excluding hydrogens is 528 g/mol. The number of phenols is 1. The van der Waals surface area contributed by atoms with E-state index in [2.05, 4.69) is 9.98 Å². The second-order valence-electron chi connectivity index (χ2n) is 9.19. The van der Waals surface area contributed by atoms with E-state index in [-0.39, 0.29) is 35.5 Å². The normalized spacial score (nSPS) is 18.9. The summed E-state index contributed by atoms with van der Waals surface area (Å²) >= 11 is 0. The summed E-state index contributed by atoms with van der Waals surface area (Å²) in [5.41, 5.74) is 11.8. The number of hydrogen-bond acceptors (Lipinski definition) is 6. The summed E-state index contributed by atoms with van der Waals surface area (Å²) in [6.07, 6.45) is -7.91. The SMILES string of the molecule is CCC/C(N)=C1/C(=Nc2ccc(CC(F)(F)F)cc2O)CCN(C(=O)c2cnc(C(F)(F)F)cc2N)C1CC. The lowest BCUT2D eigenvalue weighted by Gasteiger charge is -2.39. The molecule has 0 aliphatic carbocycles. The number of hydrogen-bond donors (Lipinski definition) is 3. The number of anilines is 1. The Kier molecular flexibility index (Phi) is 8.81. The smallest absolute Gasteiger partial charge is 0.433 e. The third-order valence-electron chi connectivity index (χ3n) is 6.28. The molecule has 1 saturated heterocycles. The summed E-state index contributed by atoms with van der Waals surface area (Å²) in [7, 11) is 0. The molecule has 1 aliphatic heterocycles. The molecule has 0 spiro atoms. The molecule has 39 heavy (non-hydrogen) atoms. The van der Waals surface area contributed by atoms with Gasteiger partial charge in [-0.15, -0.1) is 0 Å². The Morgan fingerprint density at radius 3 is 2.41 bits per heavy atom. The number of carbonyl (C=O) groups is 1. The number of amides is 1. The fourth-order valence-corrected chi connectivity index (χ4v) is 4.56. The number of nitrogens with two attached hydrogens (primary N) is 2. The van der Waals surface area contributed by atoms with Crippen molar-refractivity contribution in [3.63, 3.8) is 0 Å². The summed E-state index contributed by atoms with van der Waals surface area (Å²) in [6, 6.07) is 3.50. The molecule has 2 heterocycles. The molecule has 1 amide bonds. The molecule has 7 nitrogen and oxygen atoms in total. The van der Waals surface area contributed by atoms with Crippen LogP contribution in [0.25, 0.3) is 0 Å².